The number of hydrogen-bond acceptors (Lipinski definition) is 3. The molecule has 1 aromatic heterocycles. The maximum absolute atomic E-state index is 13.2. The first-order valence-electron chi connectivity index (χ1n) is 11.9. The molecule has 2 bridgehead atoms. The Morgan fingerprint density at radius 1 is 1.00 bits per heavy atom. The lowest BCUT2D eigenvalue weighted by atomic mass is 9.69. The molecule has 4 fully saturated rings. The number of amides is 2. The average molecular weight is 412 g/mol. The van der Waals surface area contributed by atoms with E-state index < -0.39 is 0 Å². The molecule has 1 N–H and O–H groups in total. The Balaban J connectivity index is 1.40. The Morgan fingerprint density at radius 3 is 2.60 bits per heavy atom. The van der Waals surface area contributed by atoms with Gasteiger partial charge in [-0.25, -0.2) is 0 Å². The summed E-state index contributed by atoms with van der Waals surface area (Å²) in [5, 5.41) is 0. The summed E-state index contributed by atoms with van der Waals surface area (Å²) in [6.07, 6.45) is 11.5. The average Bonchev–Trinajstić information content (AvgIpc) is 2.77. The molecule has 4 heterocycles. The monoisotopic (exact) mass is 411 g/mol. The predicted octanol–water partition coefficient (Wildman–Crippen LogP) is 3.19. The molecule has 6 heteroatoms. The molecular weight excluding hydrogens is 378 g/mol. The van der Waals surface area contributed by atoms with E-state index >= 15 is 0 Å². The Kier molecular flexibility index (Phi) is 5.42. The third-order valence-electron chi connectivity index (χ3n) is 8.08. The molecule has 4 aliphatic rings. The van der Waals surface area contributed by atoms with E-state index in [0.29, 0.717) is 48.9 Å². The van der Waals surface area contributed by atoms with Crippen LogP contribution in [0, 0.1) is 17.8 Å². The van der Waals surface area contributed by atoms with Crippen molar-refractivity contribution >= 4 is 11.8 Å². The molecular formula is C24H33N3O3. The maximum Gasteiger partial charge on any atom is 0.270 e. The highest BCUT2D eigenvalue weighted by molar-refractivity contribution is 5.92. The van der Waals surface area contributed by atoms with Gasteiger partial charge >= 0.3 is 0 Å². The highest BCUT2D eigenvalue weighted by Gasteiger charge is 2.50. The first-order chi connectivity index (χ1) is 14.6. The number of aromatic amines is 1. The van der Waals surface area contributed by atoms with Crippen molar-refractivity contribution in [3.8, 4) is 0 Å². The number of hydrogen-bond donors (Lipinski definition) is 1. The zero-order valence-corrected chi connectivity index (χ0v) is 17.7. The minimum absolute atomic E-state index is 0.0746. The highest BCUT2D eigenvalue weighted by Crippen LogP contribution is 2.44. The van der Waals surface area contributed by atoms with Crippen LogP contribution < -0.4 is 5.56 Å². The first-order valence-corrected chi connectivity index (χ1v) is 11.9. The van der Waals surface area contributed by atoms with E-state index in [4.69, 9.17) is 0 Å². The largest absolute Gasteiger partial charge is 0.337 e. The Hall–Kier alpha value is -2.11. The van der Waals surface area contributed by atoms with Crippen LogP contribution in [0.5, 0.6) is 0 Å². The predicted molar refractivity (Wildman–Crippen MR) is 114 cm³/mol. The van der Waals surface area contributed by atoms with Crippen molar-refractivity contribution < 1.29 is 9.59 Å². The summed E-state index contributed by atoms with van der Waals surface area (Å²) in [4.78, 5) is 44.8. The number of pyridine rings is 1. The van der Waals surface area contributed by atoms with Gasteiger partial charge in [-0.1, -0.05) is 38.2 Å². The number of nitrogens with zero attached hydrogens (tertiary/aromatic N) is 2. The number of H-pyrrole nitrogens is 1. The fraction of sp³-hybridized carbons (Fsp3) is 0.708. The second-order valence-electron chi connectivity index (χ2n) is 9.96. The lowest BCUT2D eigenvalue weighted by Crippen LogP contribution is -2.65. The molecule has 0 aromatic carbocycles. The van der Waals surface area contributed by atoms with Crippen LogP contribution in [0.3, 0.4) is 0 Å². The van der Waals surface area contributed by atoms with Crippen LogP contribution in [0.25, 0.3) is 0 Å². The number of piperidine rings is 3. The van der Waals surface area contributed by atoms with Gasteiger partial charge in [-0.3, -0.25) is 14.4 Å². The minimum Gasteiger partial charge on any atom is -0.337 e. The molecule has 6 nitrogen and oxygen atoms in total. The van der Waals surface area contributed by atoms with Crippen LogP contribution in [0.4, 0.5) is 0 Å². The van der Waals surface area contributed by atoms with E-state index in [2.05, 4.69) is 9.88 Å². The number of fused-ring (bicyclic) bond motifs is 4. The second-order valence-corrected chi connectivity index (χ2v) is 9.96. The minimum atomic E-state index is -0.239. The van der Waals surface area contributed by atoms with Gasteiger partial charge in [0.2, 0.25) is 11.5 Å². The number of aromatic nitrogens is 1. The molecule has 162 valence electrons. The van der Waals surface area contributed by atoms with Gasteiger partial charge < -0.3 is 14.8 Å². The van der Waals surface area contributed by atoms with Crippen molar-refractivity contribution in [1.29, 1.82) is 0 Å². The van der Waals surface area contributed by atoms with E-state index in [-0.39, 0.29) is 23.6 Å². The van der Waals surface area contributed by atoms with E-state index in [1.54, 1.807) is 12.1 Å². The molecule has 0 radical (unpaired) electrons. The third kappa shape index (κ3) is 3.69. The molecule has 4 atom stereocenters. The van der Waals surface area contributed by atoms with Crippen LogP contribution in [-0.4, -0.2) is 51.8 Å². The van der Waals surface area contributed by atoms with Gasteiger partial charge in [-0.2, -0.15) is 0 Å². The maximum atomic E-state index is 13.2. The SMILES string of the molecule is O=C(c1cccc(=O)[nH]1)N1C[C@H]2C[C@@H](C1)[C@H](CC1CCCCC1)N1C(=O)CCC[C@@H]21. The van der Waals surface area contributed by atoms with Gasteiger partial charge in [0.15, 0.2) is 0 Å². The topological polar surface area (TPSA) is 73.5 Å². The van der Waals surface area contributed by atoms with Gasteiger partial charge in [0.1, 0.15) is 5.69 Å². The smallest absolute Gasteiger partial charge is 0.270 e. The van der Waals surface area contributed by atoms with Crippen LogP contribution in [-0.2, 0) is 4.79 Å². The summed E-state index contributed by atoms with van der Waals surface area (Å²) < 4.78 is 0. The Labute approximate surface area is 178 Å². The molecule has 2 amide bonds. The fourth-order valence-electron chi connectivity index (χ4n) is 6.75. The normalized spacial score (nSPS) is 32.1. The lowest BCUT2D eigenvalue weighted by molar-refractivity contribution is -0.153. The number of rotatable bonds is 3. The van der Waals surface area contributed by atoms with Gasteiger partial charge in [0.25, 0.3) is 5.91 Å². The molecule has 0 spiro atoms. The zero-order chi connectivity index (χ0) is 20.7. The molecule has 3 aliphatic heterocycles. The number of carbonyl (C=O) groups is 2. The van der Waals surface area contributed by atoms with Crippen molar-refractivity contribution in [2.24, 2.45) is 17.8 Å². The van der Waals surface area contributed by atoms with Crippen LogP contribution in [0.15, 0.2) is 23.0 Å². The number of nitrogens with one attached hydrogen (secondary N) is 1. The Morgan fingerprint density at radius 2 is 1.80 bits per heavy atom. The summed E-state index contributed by atoms with van der Waals surface area (Å²) in [6.45, 7) is 1.39. The summed E-state index contributed by atoms with van der Waals surface area (Å²) in [7, 11) is 0. The van der Waals surface area contributed by atoms with Crippen LogP contribution in [0.1, 0.15) is 74.7 Å². The van der Waals surface area contributed by atoms with E-state index in [0.717, 1.165) is 25.7 Å². The third-order valence-corrected chi connectivity index (χ3v) is 8.08. The van der Waals surface area contributed by atoms with Gasteiger partial charge in [0, 0.05) is 37.7 Å². The van der Waals surface area contributed by atoms with Crippen molar-refractivity contribution in [3.05, 3.63) is 34.2 Å². The lowest BCUT2D eigenvalue weighted by Gasteiger charge is -2.57. The van der Waals surface area contributed by atoms with Crippen molar-refractivity contribution in [2.45, 2.75) is 76.3 Å². The van der Waals surface area contributed by atoms with Crippen molar-refractivity contribution in [1.82, 2.24) is 14.8 Å². The summed E-state index contributed by atoms with van der Waals surface area (Å²) in [5.41, 5.74) is 0.139. The van der Waals surface area contributed by atoms with E-state index in [1.807, 2.05) is 4.90 Å². The fourth-order valence-corrected chi connectivity index (χ4v) is 6.75. The van der Waals surface area contributed by atoms with Crippen molar-refractivity contribution in [2.75, 3.05) is 13.1 Å². The second kappa shape index (κ2) is 8.20. The molecule has 5 rings (SSSR count). The first kappa shape index (κ1) is 19.8. The quantitative estimate of drug-likeness (QED) is 0.830. The highest BCUT2D eigenvalue weighted by atomic mass is 16.2. The standard InChI is InChI=1S/C24H33N3O3/c28-22-10-4-8-19(25-22)24(30)26-14-17-13-18(15-26)21(12-16-6-2-1-3-7-16)27-20(17)9-5-11-23(27)29/h4,8,10,16-18,20-21H,1-3,5-7,9,11-15H2,(H,25,28)/t17-,18+,20+,21+/m1/s1. The molecule has 1 aliphatic carbocycles. The molecule has 3 saturated heterocycles. The summed E-state index contributed by atoms with van der Waals surface area (Å²) in [5.74, 6) is 1.69. The zero-order valence-electron chi connectivity index (χ0n) is 17.7. The summed E-state index contributed by atoms with van der Waals surface area (Å²) in [6, 6.07) is 5.33. The van der Waals surface area contributed by atoms with Gasteiger partial charge in [-0.15, -0.1) is 0 Å². The number of carbonyl (C=O) groups excluding carboxylic acids is 2. The molecule has 1 aromatic rings. The summed E-state index contributed by atoms with van der Waals surface area (Å²) >= 11 is 0. The van der Waals surface area contributed by atoms with E-state index in [9.17, 15) is 14.4 Å². The molecule has 1 saturated carbocycles. The molecule has 30 heavy (non-hydrogen) atoms. The van der Waals surface area contributed by atoms with E-state index in [1.165, 1.54) is 38.2 Å². The number of likely N-dealkylation sites (tertiary alicyclic amines) is 1. The Bertz CT molecular complexity index is 859. The van der Waals surface area contributed by atoms with Crippen LogP contribution in [0.2, 0.25) is 0 Å². The van der Waals surface area contributed by atoms with Gasteiger partial charge in [-0.05, 0) is 49.5 Å². The molecule has 0 unspecified atom stereocenters. The van der Waals surface area contributed by atoms with Crippen LogP contribution >= 0.6 is 0 Å². The van der Waals surface area contributed by atoms with Crippen molar-refractivity contribution in [3.63, 3.8) is 0 Å². The van der Waals surface area contributed by atoms with Gasteiger partial charge in [0.05, 0.1) is 0 Å².